The molecule has 3 heterocycles. The molecule has 1 N–H and O–H groups in total. The number of para-hydroxylation sites is 2. The summed E-state index contributed by atoms with van der Waals surface area (Å²) in [5.41, 5.74) is 2.36. The average molecular weight is 435 g/mol. The summed E-state index contributed by atoms with van der Waals surface area (Å²) in [6.07, 6.45) is 5.91. The molecule has 31 heavy (non-hydrogen) atoms. The number of nitrogens with one attached hydrogen (secondary N) is 1. The van der Waals surface area contributed by atoms with Gasteiger partial charge in [-0.1, -0.05) is 23.9 Å². The Kier molecular flexibility index (Phi) is 5.19. The van der Waals surface area contributed by atoms with Crippen molar-refractivity contribution in [1.29, 1.82) is 0 Å². The van der Waals surface area contributed by atoms with Gasteiger partial charge in [0.2, 0.25) is 11.8 Å². The molecule has 1 aliphatic carbocycles. The molecule has 2 amide bonds. The lowest BCUT2D eigenvalue weighted by Crippen LogP contribution is -2.40. The van der Waals surface area contributed by atoms with Gasteiger partial charge in [0.05, 0.1) is 17.1 Å². The fraction of sp³-hybridized carbons (Fsp3) is 0.318. The third-order valence-corrected chi connectivity index (χ3v) is 6.40. The highest BCUT2D eigenvalue weighted by Crippen LogP contribution is 2.41. The summed E-state index contributed by atoms with van der Waals surface area (Å²) in [6, 6.07) is 11.4. The van der Waals surface area contributed by atoms with Crippen LogP contribution in [0.2, 0.25) is 0 Å². The Balaban J connectivity index is 1.39. The zero-order valence-electron chi connectivity index (χ0n) is 17.1. The SMILES string of the molecule is C[C@H]1CC(=O)Nc2ccccc2N1C(=O)CSc1nnc(-c2ccncc2)n1C1CC1. The molecule has 1 saturated carbocycles. The molecule has 5 rings (SSSR count). The molecule has 0 unspecified atom stereocenters. The van der Waals surface area contributed by atoms with Gasteiger partial charge in [-0.15, -0.1) is 10.2 Å². The van der Waals surface area contributed by atoms with E-state index in [2.05, 4.69) is 25.1 Å². The molecule has 1 aromatic carbocycles. The van der Waals surface area contributed by atoms with Crippen molar-refractivity contribution in [2.75, 3.05) is 16.0 Å². The van der Waals surface area contributed by atoms with Crippen molar-refractivity contribution in [2.24, 2.45) is 0 Å². The number of carbonyl (C=O) groups is 2. The highest BCUT2D eigenvalue weighted by Gasteiger charge is 2.32. The van der Waals surface area contributed by atoms with E-state index in [1.807, 2.05) is 43.3 Å². The fourth-order valence-electron chi connectivity index (χ4n) is 3.90. The monoisotopic (exact) mass is 434 g/mol. The van der Waals surface area contributed by atoms with Gasteiger partial charge in [-0.25, -0.2) is 0 Å². The van der Waals surface area contributed by atoms with Crippen LogP contribution in [0.4, 0.5) is 11.4 Å². The fourth-order valence-corrected chi connectivity index (χ4v) is 4.76. The number of anilines is 2. The molecule has 2 aromatic heterocycles. The second-order valence-corrected chi connectivity index (χ2v) is 8.76. The molecule has 1 fully saturated rings. The number of fused-ring (bicyclic) bond motifs is 1. The molecule has 2 aliphatic rings. The normalized spacial score (nSPS) is 18.3. The van der Waals surface area contributed by atoms with E-state index in [0.29, 0.717) is 11.7 Å². The topological polar surface area (TPSA) is 93.0 Å². The van der Waals surface area contributed by atoms with Gasteiger partial charge in [-0.05, 0) is 44.0 Å². The van der Waals surface area contributed by atoms with Gasteiger partial charge < -0.3 is 10.2 Å². The smallest absolute Gasteiger partial charge is 0.237 e. The highest BCUT2D eigenvalue weighted by atomic mass is 32.2. The number of thioether (sulfide) groups is 1. The molecule has 1 atom stereocenters. The molecule has 0 spiro atoms. The van der Waals surface area contributed by atoms with Crippen LogP contribution in [0.25, 0.3) is 11.4 Å². The summed E-state index contributed by atoms with van der Waals surface area (Å²) >= 11 is 1.39. The van der Waals surface area contributed by atoms with Crippen LogP contribution in [0.1, 0.15) is 32.2 Å². The van der Waals surface area contributed by atoms with E-state index in [1.165, 1.54) is 11.8 Å². The van der Waals surface area contributed by atoms with Crippen LogP contribution in [-0.2, 0) is 9.59 Å². The number of nitrogens with zero attached hydrogens (tertiary/aromatic N) is 5. The van der Waals surface area contributed by atoms with Gasteiger partial charge in [0.25, 0.3) is 0 Å². The summed E-state index contributed by atoms with van der Waals surface area (Å²) in [7, 11) is 0. The van der Waals surface area contributed by atoms with Crippen molar-refractivity contribution in [2.45, 2.75) is 43.4 Å². The van der Waals surface area contributed by atoms with E-state index in [0.717, 1.165) is 35.1 Å². The van der Waals surface area contributed by atoms with Crippen molar-refractivity contribution in [1.82, 2.24) is 19.7 Å². The number of rotatable bonds is 5. The van der Waals surface area contributed by atoms with Crippen LogP contribution in [0.3, 0.4) is 0 Å². The van der Waals surface area contributed by atoms with Crippen LogP contribution in [-0.4, -0.2) is 43.4 Å². The Morgan fingerprint density at radius 3 is 2.71 bits per heavy atom. The Labute approximate surface area is 184 Å². The first-order valence-electron chi connectivity index (χ1n) is 10.3. The Morgan fingerprint density at radius 2 is 1.94 bits per heavy atom. The maximum atomic E-state index is 13.3. The predicted molar refractivity (Wildman–Crippen MR) is 119 cm³/mol. The minimum absolute atomic E-state index is 0.0581. The molecular weight excluding hydrogens is 412 g/mol. The van der Waals surface area contributed by atoms with Crippen LogP contribution in [0.15, 0.2) is 53.9 Å². The third-order valence-electron chi connectivity index (χ3n) is 5.47. The van der Waals surface area contributed by atoms with Crippen LogP contribution in [0.5, 0.6) is 0 Å². The Hall–Kier alpha value is -3.20. The summed E-state index contributed by atoms with van der Waals surface area (Å²) in [4.78, 5) is 31.3. The molecule has 8 nitrogen and oxygen atoms in total. The Morgan fingerprint density at radius 1 is 1.16 bits per heavy atom. The molecule has 1 aliphatic heterocycles. The molecule has 9 heteroatoms. The number of pyridine rings is 1. The molecule has 3 aromatic rings. The average Bonchev–Trinajstić information content (AvgIpc) is 3.54. The number of hydrogen-bond acceptors (Lipinski definition) is 6. The first-order chi connectivity index (χ1) is 15.1. The summed E-state index contributed by atoms with van der Waals surface area (Å²) in [6.45, 7) is 1.90. The number of amides is 2. The minimum atomic E-state index is -0.231. The molecular formula is C22H22N6O2S. The van der Waals surface area contributed by atoms with Gasteiger partial charge in [0, 0.05) is 36.5 Å². The lowest BCUT2D eigenvalue weighted by atomic mass is 10.2. The lowest BCUT2D eigenvalue weighted by molar-refractivity contribution is -0.117. The van der Waals surface area contributed by atoms with E-state index >= 15 is 0 Å². The number of benzene rings is 1. The van der Waals surface area contributed by atoms with E-state index in [9.17, 15) is 9.59 Å². The predicted octanol–water partition coefficient (Wildman–Crippen LogP) is 3.53. The maximum absolute atomic E-state index is 13.3. The molecule has 0 bridgehead atoms. The number of aromatic nitrogens is 4. The zero-order valence-corrected chi connectivity index (χ0v) is 17.9. The number of carbonyl (C=O) groups excluding carboxylic acids is 2. The van der Waals surface area contributed by atoms with Gasteiger partial charge >= 0.3 is 0 Å². The van der Waals surface area contributed by atoms with Crippen molar-refractivity contribution in [3.05, 3.63) is 48.8 Å². The first kappa shape index (κ1) is 19.7. The maximum Gasteiger partial charge on any atom is 0.237 e. The van der Waals surface area contributed by atoms with E-state index in [4.69, 9.17) is 0 Å². The zero-order chi connectivity index (χ0) is 21.4. The van der Waals surface area contributed by atoms with Gasteiger partial charge in [0.1, 0.15) is 0 Å². The third kappa shape index (κ3) is 3.93. The molecule has 158 valence electrons. The van der Waals surface area contributed by atoms with E-state index < -0.39 is 0 Å². The highest BCUT2D eigenvalue weighted by molar-refractivity contribution is 7.99. The molecule has 0 saturated heterocycles. The summed E-state index contributed by atoms with van der Waals surface area (Å²) in [5.74, 6) is 0.882. The van der Waals surface area contributed by atoms with Gasteiger partial charge in [-0.2, -0.15) is 0 Å². The Bertz CT molecular complexity index is 1130. The second kappa shape index (κ2) is 8.14. The summed E-state index contributed by atoms with van der Waals surface area (Å²) in [5, 5.41) is 12.4. The molecule has 0 radical (unpaired) electrons. The van der Waals surface area contributed by atoms with Gasteiger partial charge in [-0.3, -0.25) is 19.1 Å². The summed E-state index contributed by atoms with van der Waals surface area (Å²) < 4.78 is 2.14. The van der Waals surface area contributed by atoms with Gasteiger partial charge in [0.15, 0.2) is 11.0 Å². The van der Waals surface area contributed by atoms with Crippen LogP contribution in [0, 0.1) is 0 Å². The van der Waals surface area contributed by atoms with Crippen molar-refractivity contribution in [3.8, 4) is 11.4 Å². The van der Waals surface area contributed by atoms with Crippen molar-refractivity contribution < 1.29 is 9.59 Å². The van der Waals surface area contributed by atoms with E-state index in [1.54, 1.807) is 17.3 Å². The standard InChI is InChI=1S/C22H22N6O2S/c1-14-12-19(29)24-17-4-2-3-5-18(17)27(14)20(30)13-31-22-26-25-21(28(22)16-6-7-16)15-8-10-23-11-9-15/h2-5,8-11,14,16H,6-7,12-13H2,1H3,(H,24,29)/t14-/m0/s1. The largest absolute Gasteiger partial charge is 0.324 e. The minimum Gasteiger partial charge on any atom is -0.324 e. The lowest BCUT2D eigenvalue weighted by Gasteiger charge is -2.27. The second-order valence-electron chi connectivity index (χ2n) is 7.81. The van der Waals surface area contributed by atoms with Crippen LogP contribution < -0.4 is 10.2 Å². The van der Waals surface area contributed by atoms with Crippen LogP contribution >= 0.6 is 11.8 Å². The number of hydrogen-bond donors (Lipinski definition) is 1. The van der Waals surface area contributed by atoms with E-state index in [-0.39, 0.29) is 30.0 Å². The first-order valence-corrected chi connectivity index (χ1v) is 11.3. The quantitative estimate of drug-likeness (QED) is 0.618. The van der Waals surface area contributed by atoms with Crippen molar-refractivity contribution in [3.63, 3.8) is 0 Å². The van der Waals surface area contributed by atoms with Crippen molar-refractivity contribution >= 4 is 35.0 Å².